The topological polar surface area (TPSA) is 69.5 Å². The fourth-order valence-electron chi connectivity index (χ4n) is 2.08. The fraction of sp³-hybridized carbons (Fsp3) is 0.769. The molecule has 10 heteroatoms. The van der Waals surface area contributed by atoms with E-state index in [-0.39, 0.29) is 19.0 Å². The first-order valence-electron chi connectivity index (χ1n) is 7.09. The molecule has 0 radical (unpaired) electrons. The second-order valence-corrected chi connectivity index (χ2v) is 6.18. The Hall–Kier alpha value is -1.84. The molecule has 0 N–H and O–H groups in total. The molecule has 1 fully saturated rings. The Balaban J connectivity index is 2.13. The lowest BCUT2D eigenvalue weighted by Gasteiger charge is -2.35. The summed E-state index contributed by atoms with van der Waals surface area (Å²) in [5, 5.41) is 3.80. The molecule has 2 rings (SSSR count). The highest BCUT2D eigenvalue weighted by molar-refractivity contribution is 5.68. The number of carbonyl (C=O) groups excluding carboxylic acids is 1. The maximum Gasteiger partial charge on any atom is 0.411 e. The average Bonchev–Trinajstić information content (AvgIpc) is 2.82. The van der Waals surface area contributed by atoms with Gasteiger partial charge in [0, 0.05) is 6.54 Å². The number of carbonyl (C=O) groups is 1. The maximum atomic E-state index is 12.4. The Morgan fingerprint density at radius 3 is 2.74 bits per heavy atom. The van der Waals surface area contributed by atoms with E-state index < -0.39 is 30.5 Å². The summed E-state index contributed by atoms with van der Waals surface area (Å²) in [5.41, 5.74) is -0.678. The number of alkyl halides is 3. The Morgan fingerprint density at radius 2 is 2.13 bits per heavy atom. The summed E-state index contributed by atoms with van der Waals surface area (Å²) >= 11 is 0. The van der Waals surface area contributed by atoms with E-state index in [4.69, 9.17) is 9.47 Å². The highest BCUT2D eigenvalue weighted by atomic mass is 19.4. The van der Waals surface area contributed by atoms with E-state index in [1.807, 2.05) is 0 Å². The van der Waals surface area contributed by atoms with Crippen molar-refractivity contribution in [1.29, 1.82) is 0 Å². The van der Waals surface area contributed by atoms with Crippen molar-refractivity contribution < 1.29 is 27.4 Å². The van der Waals surface area contributed by atoms with Gasteiger partial charge in [0.25, 0.3) is 0 Å². The van der Waals surface area contributed by atoms with Gasteiger partial charge in [0.1, 0.15) is 24.5 Å². The van der Waals surface area contributed by atoms with Gasteiger partial charge in [0.05, 0.1) is 13.2 Å². The SMILES string of the molecule is CC(C)(C)OC(=O)N1CCOC[C@@H]1c1ncn(CC(F)(F)F)n1. The van der Waals surface area contributed by atoms with Gasteiger partial charge in [-0.1, -0.05) is 0 Å². The van der Waals surface area contributed by atoms with Crippen LogP contribution in [0.1, 0.15) is 32.6 Å². The molecule has 0 bridgehead atoms. The van der Waals surface area contributed by atoms with Crippen LogP contribution in [0.2, 0.25) is 0 Å². The minimum absolute atomic E-state index is 0.0970. The Kier molecular flexibility index (Phi) is 4.83. The van der Waals surface area contributed by atoms with Crippen LogP contribution in [-0.2, 0) is 16.0 Å². The van der Waals surface area contributed by atoms with Crippen molar-refractivity contribution in [3.05, 3.63) is 12.2 Å². The number of hydrogen-bond acceptors (Lipinski definition) is 5. The van der Waals surface area contributed by atoms with Gasteiger partial charge >= 0.3 is 12.3 Å². The van der Waals surface area contributed by atoms with Crippen LogP contribution in [0.5, 0.6) is 0 Å². The molecule has 1 aliphatic heterocycles. The molecule has 23 heavy (non-hydrogen) atoms. The van der Waals surface area contributed by atoms with E-state index in [2.05, 4.69) is 10.1 Å². The van der Waals surface area contributed by atoms with Gasteiger partial charge in [-0.05, 0) is 20.8 Å². The van der Waals surface area contributed by atoms with E-state index in [1.165, 1.54) is 4.90 Å². The van der Waals surface area contributed by atoms with Gasteiger partial charge in [-0.2, -0.15) is 18.3 Å². The Morgan fingerprint density at radius 1 is 1.43 bits per heavy atom. The number of nitrogens with zero attached hydrogens (tertiary/aromatic N) is 4. The van der Waals surface area contributed by atoms with Crippen LogP contribution < -0.4 is 0 Å². The molecule has 7 nitrogen and oxygen atoms in total. The van der Waals surface area contributed by atoms with Gasteiger partial charge in [0.2, 0.25) is 0 Å². The molecule has 1 amide bonds. The van der Waals surface area contributed by atoms with Crippen LogP contribution in [0.25, 0.3) is 0 Å². The molecule has 0 unspecified atom stereocenters. The fourth-order valence-corrected chi connectivity index (χ4v) is 2.08. The second kappa shape index (κ2) is 6.34. The summed E-state index contributed by atoms with van der Waals surface area (Å²) in [4.78, 5) is 17.5. The number of morpholine rings is 1. The normalized spacial score (nSPS) is 19.7. The molecule has 1 saturated heterocycles. The zero-order valence-corrected chi connectivity index (χ0v) is 13.1. The van der Waals surface area contributed by atoms with E-state index >= 15 is 0 Å². The summed E-state index contributed by atoms with van der Waals surface area (Å²) in [6, 6.07) is -0.673. The van der Waals surface area contributed by atoms with Crippen LogP contribution >= 0.6 is 0 Å². The lowest BCUT2D eigenvalue weighted by atomic mass is 10.2. The third kappa shape index (κ3) is 5.08. The highest BCUT2D eigenvalue weighted by Gasteiger charge is 2.35. The van der Waals surface area contributed by atoms with Gasteiger partial charge < -0.3 is 9.47 Å². The van der Waals surface area contributed by atoms with Crippen molar-refractivity contribution in [2.24, 2.45) is 0 Å². The Bertz CT molecular complexity index is 553. The molecule has 1 aromatic heterocycles. The quantitative estimate of drug-likeness (QED) is 0.828. The number of rotatable bonds is 2. The first kappa shape index (κ1) is 17.5. The van der Waals surface area contributed by atoms with Crippen molar-refractivity contribution in [1.82, 2.24) is 19.7 Å². The molecule has 1 atom stereocenters. The molecule has 130 valence electrons. The van der Waals surface area contributed by atoms with E-state index in [9.17, 15) is 18.0 Å². The predicted octanol–water partition coefficient (Wildman–Crippen LogP) is 2.15. The zero-order chi connectivity index (χ0) is 17.3. The molecule has 0 saturated carbocycles. The summed E-state index contributed by atoms with van der Waals surface area (Å²) in [6.45, 7) is 4.64. The molecule has 0 spiro atoms. The van der Waals surface area contributed by atoms with Crippen LogP contribution in [0.3, 0.4) is 0 Å². The Labute approximate surface area is 131 Å². The molecule has 1 aromatic rings. The number of amides is 1. The van der Waals surface area contributed by atoms with E-state index in [0.717, 1.165) is 6.33 Å². The maximum absolute atomic E-state index is 12.4. The predicted molar refractivity (Wildman–Crippen MR) is 72.6 cm³/mol. The summed E-state index contributed by atoms with van der Waals surface area (Å²) in [7, 11) is 0. The second-order valence-electron chi connectivity index (χ2n) is 6.18. The first-order chi connectivity index (χ1) is 10.6. The highest BCUT2D eigenvalue weighted by Crippen LogP contribution is 2.24. The minimum atomic E-state index is -4.39. The van der Waals surface area contributed by atoms with E-state index in [0.29, 0.717) is 11.3 Å². The minimum Gasteiger partial charge on any atom is -0.444 e. The lowest BCUT2D eigenvalue weighted by molar-refractivity contribution is -0.142. The van der Waals surface area contributed by atoms with Crippen LogP contribution in [0, 0.1) is 0 Å². The van der Waals surface area contributed by atoms with Crippen molar-refractivity contribution in [3.63, 3.8) is 0 Å². The molecule has 0 aromatic carbocycles. The van der Waals surface area contributed by atoms with Gasteiger partial charge in [-0.15, -0.1) is 0 Å². The molecule has 1 aliphatic rings. The zero-order valence-electron chi connectivity index (χ0n) is 13.1. The van der Waals surface area contributed by atoms with Crippen molar-refractivity contribution in [3.8, 4) is 0 Å². The number of ether oxygens (including phenoxy) is 2. The lowest BCUT2D eigenvalue weighted by Crippen LogP contribution is -2.46. The van der Waals surface area contributed by atoms with Crippen LogP contribution in [0.4, 0.5) is 18.0 Å². The molecular weight excluding hydrogens is 317 g/mol. The number of hydrogen-bond donors (Lipinski definition) is 0. The third-order valence-corrected chi connectivity index (χ3v) is 2.95. The van der Waals surface area contributed by atoms with Crippen LogP contribution in [0.15, 0.2) is 6.33 Å². The van der Waals surface area contributed by atoms with E-state index in [1.54, 1.807) is 20.8 Å². The number of halogens is 3. The first-order valence-corrected chi connectivity index (χ1v) is 7.09. The smallest absolute Gasteiger partial charge is 0.411 e. The third-order valence-electron chi connectivity index (χ3n) is 2.95. The summed E-state index contributed by atoms with van der Waals surface area (Å²) < 4.78 is 48.5. The standard InChI is InChI=1S/C13H19F3N4O3/c1-12(2,3)23-11(21)20-4-5-22-6-9(20)10-17-8-19(18-10)7-13(14,15)16/h8-9H,4-7H2,1-3H3/t9-/m1/s1. The summed E-state index contributed by atoms with van der Waals surface area (Å²) in [5.74, 6) is 0.0970. The molecular formula is C13H19F3N4O3. The van der Waals surface area contributed by atoms with Crippen molar-refractivity contribution in [2.45, 2.75) is 45.1 Å². The van der Waals surface area contributed by atoms with Crippen molar-refractivity contribution >= 4 is 6.09 Å². The summed E-state index contributed by atoms with van der Waals surface area (Å²) in [6.07, 6.45) is -3.97. The largest absolute Gasteiger partial charge is 0.444 e. The van der Waals surface area contributed by atoms with Gasteiger partial charge in [-0.3, -0.25) is 4.90 Å². The molecule has 0 aliphatic carbocycles. The van der Waals surface area contributed by atoms with Crippen molar-refractivity contribution in [2.75, 3.05) is 19.8 Å². The molecule has 2 heterocycles. The monoisotopic (exact) mass is 336 g/mol. The number of aromatic nitrogens is 3. The average molecular weight is 336 g/mol. The van der Waals surface area contributed by atoms with Gasteiger partial charge in [0.15, 0.2) is 5.82 Å². The van der Waals surface area contributed by atoms with Gasteiger partial charge in [-0.25, -0.2) is 14.5 Å². The van der Waals surface area contributed by atoms with Crippen LogP contribution in [-0.4, -0.2) is 57.3 Å².